The van der Waals surface area contributed by atoms with Crippen molar-refractivity contribution in [3.05, 3.63) is 59.2 Å². The van der Waals surface area contributed by atoms with Gasteiger partial charge in [0.1, 0.15) is 18.3 Å². The van der Waals surface area contributed by atoms with E-state index in [0.29, 0.717) is 17.9 Å². The summed E-state index contributed by atoms with van der Waals surface area (Å²) in [6.45, 7) is 5.44. The maximum Gasteiger partial charge on any atom is 0.244 e. The summed E-state index contributed by atoms with van der Waals surface area (Å²) in [5.74, 6) is -0.299. The van der Waals surface area contributed by atoms with Gasteiger partial charge in [0.05, 0.1) is 19.1 Å². The molecule has 2 amide bonds. The Hall–Kier alpha value is -3.07. The minimum absolute atomic E-state index is 0.102. The average Bonchev–Trinajstić information content (AvgIpc) is 2.87. The zero-order chi connectivity index (χ0) is 27.9. The van der Waals surface area contributed by atoms with Gasteiger partial charge in [0, 0.05) is 12.6 Å². The number of carbonyl (C=O) groups is 2. The highest BCUT2D eigenvalue weighted by Gasteiger charge is 2.33. The first-order chi connectivity index (χ1) is 18.0. The quantitative estimate of drug-likeness (QED) is 0.455. The molecule has 0 saturated heterocycles. The monoisotopic (exact) mass is 543 g/mol. The Morgan fingerprint density at radius 1 is 1.05 bits per heavy atom. The van der Waals surface area contributed by atoms with Gasteiger partial charge < -0.3 is 15.0 Å². The van der Waals surface area contributed by atoms with Crippen molar-refractivity contribution in [1.82, 2.24) is 10.2 Å². The molecule has 0 aliphatic heterocycles. The molecule has 0 radical (unpaired) electrons. The number of benzene rings is 2. The topological polar surface area (TPSA) is 96.0 Å². The highest BCUT2D eigenvalue weighted by molar-refractivity contribution is 7.92. The van der Waals surface area contributed by atoms with Gasteiger partial charge in [-0.25, -0.2) is 8.42 Å². The first-order valence-electron chi connectivity index (χ1n) is 13.3. The van der Waals surface area contributed by atoms with Crippen molar-refractivity contribution in [2.24, 2.45) is 0 Å². The number of amides is 2. The van der Waals surface area contributed by atoms with Gasteiger partial charge in [-0.15, -0.1) is 0 Å². The standard InChI is InChI=1S/C29H41N3O5S/c1-6-25(29(34)30-24-13-8-7-9-14-24)31(19-23-12-10-11-21(2)17-23)28(33)20-32(38(5,35)36)26-18-22(3)15-16-27(26)37-4/h10-12,15-18,24-25H,6-9,13-14,19-20H2,1-5H3,(H,30,34)/t25-/m0/s1. The highest BCUT2D eigenvalue weighted by Crippen LogP contribution is 2.31. The van der Waals surface area contributed by atoms with Gasteiger partial charge in [-0.05, 0) is 56.4 Å². The fraction of sp³-hybridized carbons (Fsp3) is 0.517. The lowest BCUT2D eigenvalue weighted by Crippen LogP contribution is -2.54. The number of sulfonamides is 1. The molecule has 9 heteroatoms. The Bertz CT molecular complexity index is 1220. The Balaban J connectivity index is 1.96. The summed E-state index contributed by atoms with van der Waals surface area (Å²) in [6, 6.07) is 12.3. The maximum atomic E-state index is 13.9. The van der Waals surface area contributed by atoms with E-state index in [4.69, 9.17) is 4.74 Å². The molecule has 1 saturated carbocycles. The lowest BCUT2D eigenvalue weighted by atomic mass is 9.95. The van der Waals surface area contributed by atoms with Crippen LogP contribution in [0.15, 0.2) is 42.5 Å². The molecule has 0 unspecified atom stereocenters. The first-order valence-corrected chi connectivity index (χ1v) is 15.2. The second kappa shape index (κ2) is 13.1. The molecule has 0 spiro atoms. The molecular formula is C29H41N3O5S. The number of methoxy groups -OCH3 is 1. The second-order valence-electron chi connectivity index (χ2n) is 10.2. The van der Waals surface area contributed by atoms with Crippen LogP contribution in [0.1, 0.15) is 62.1 Å². The first kappa shape index (κ1) is 29.5. The summed E-state index contributed by atoms with van der Waals surface area (Å²) in [7, 11) is -2.38. The van der Waals surface area contributed by atoms with Gasteiger partial charge in [-0.1, -0.05) is 62.1 Å². The maximum absolute atomic E-state index is 13.9. The van der Waals surface area contributed by atoms with Crippen molar-refractivity contribution in [2.45, 2.75) is 77.9 Å². The number of hydrogen-bond donors (Lipinski definition) is 1. The van der Waals surface area contributed by atoms with E-state index in [2.05, 4.69) is 5.32 Å². The summed E-state index contributed by atoms with van der Waals surface area (Å²) < 4.78 is 32.3. The van der Waals surface area contributed by atoms with E-state index in [1.807, 2.05) is 51.1 Å². The molecule has 208 valence electrons. The number of ether oxygens (including phenoxy) is 1. The van der Waals surface area contributed by atoms with Crippen LogP contribution in [0.3, 0.4) is 0 Å². The minimum atomic E-state index is -3.85. The Morgan fingerprint density at radius 3 is 2.34 bits per heavy atom. The van der Waals surface area contributed by atoms with Gasteiger partial charge >= 0.3 is 0 Å². The van der Waals surface area contributed by atoms with Gasteiger partial charge in [0.2, 0.25) is 21.8 Å². The van der Waals surface area contributed by atoms with E-state index in [9.17, 15) is 18.0 Å². The van der Waals surface area contributed by atoms with Crippen LogP contribution in [0, 0.1) is 13.8 Å². The lowest BCUT2D eigenvalue weighted by Gasteiger charge is -2.34. The molecule has 1 atom stereocenters. The summed E-state index contributed by atoms with van der Waals surface area (Å²) in [5, 5.41) is 3.16. The zero-order valence-electron chi connectivity index (χ0n) is 23.2. The van der Waals surface area contributed by atoms with Crippen LogP contribution < -0.4 is 14.4 Å². The normalized spacial score (nSPS) is 15.0. The lowest BCUT2D eigenvalue weighted by molar-refractivity contribution is -0.140. The molecule has 1 N–H and O–H groups in total. The summed E-state index contributed by atoms with van der Waals surface area (Å²) in [4.78, 5) is 29.0. The number of aryl methyl sites for hydroxylation is 2. The van der Waals surface area contributed by atoms with Crippen LogP contribution in [0.2, 0.25) is 0 Å². The van der Waals surface area contributed by atoms with E-state index < -0.39 is 28.5 Å². The van der Waals surface area contributed by atoms with Crippen LogP contribution in [-0.4, -0.2) is 57.1 Å². The van der Waals surface area contributed by atoms with E-state index in [0.717, 1.165) is 52.9 Å². The molecule has 1 aliphatic rings. The second-order valence-corrected chi connectivity index (χ2v) is 12.1. The van der Waals surface area contributed by atoms with E-state index in [-0.39, 0.29) is 18.5 Å². The Morgan fingerprint density at radius 2 is 1.74 bits per heavy atom. The van der Waals surface area contributed by atoms with Crippen molar-refractivity contribution in [1.29, 1.82) is 0 Å². The fourth-order valence-corrected chi connectivity index (χ4v) is 5.91. The van der Waals surface area contributed by atoms with Crippen molar-refractivity contribution < 1.29 is 22.7 Å². The number of hydrogen-bond acceptors (Lipinski definition) is 5. The molecule has 1 aliphatic carbocycles. The third kappa shape index (κ3) is 7.72. The van der Waals surface area contributed by atoms with Gasteiger partial charge in [0.15, 0.2) is 0 Å². The number of nitrogens with zero attached hydrogens (tertiary/aromatic N) is 2. The number of anilines is 1. The van der Waals surface area contributed by atoms with Crippen molar-refractivity contribution in [2.75, 3.05) is 24.2 Å². The molecule has 2 aromatic rings. The molecule has 2 aromatic carbocycles. The SMILES string of the molecule is CC[C@@H](C(=O)NC1CCCCC1)N(Cc1cccc(C)c1)C(=O)CN(c1cc(C)ccc1OC)S(C)(=O)=O. The van der Waals surface area contributed by atoms with E-state index in [1.165, 1.54) is 18.4 Å². The van der Waals surface area contributed by atoms with Gasteiger partial charge in [0.25, 0.3) is 0 Å². The van der Waals surface area contributed by atoms with Crippen LogP contribution in [0.5, 0.6) is 5.75 Å². The van der Waals surface area contributed by atoms with Crippen LogP contribution in [0.25, 0.3) is 0 Å². The van der Waals surface area contributed by atoms with Gasteiger partial charge in [-0.3, -0.25) is 13.9 Å². The molecule has 0 aromatic heterocycles. The third-order valence-electron chi connectivity index (χ3n) is 7.06. The summed E-state index contributed by atoms with van der Waals surface area (Å²) >= 11 is 0. The molecule has 0 bridgehead atoms. The molecule has 3 rings (SSSR count). The van der Waals surface area contributed by atoms with E-state index in [1.54, 1.807) is 12.1 Å². The highest BCUT2D eigenvalue weighted by atomic mass is 32.2. The number of rotatable bonds is 11. The minimum Gasteiger partial charge on any atom is -0.495 e. The van der Waals surface area contributed by atoms with Crippen molar-refractivity contribution in [3.63, 3.8) is 0 Å². The Labute approximate surface area is 227 Å². The molecule has 1 fully saturated rings. The van der Waals surface area contributed by atoms with Crippen LogP contribution in [-0.2, 0) is 26.2 Å². The molecule has 38 heavy (non-hydrogen) atoms. The number of nitrogens with one attached hydrogen (secondary N) is 1. The molecule has 0 heterocycles. The smallest absolute Gasteiger partial charge is 0.244 e. The summed E-state index contributed by atoms with van der Waals surface area (Å²) in [6.07, 6.45) is 6.67. The molecule has 8 nitrogen and oxygen atoms in total. The predicted octanol–water partition coefficient (Wildman–Crippen LogP) is 4.33. The van der Waals surface area contributed by atoms with Crippen molar-refractivity contribution >= 4 is 27.5 Å². The average molecular weight is 544 g/mol. The van der Waals surface area contributed by atoms with Gasteiger partial charge in [-0.2, -0.15) is 0 Å². The third-order valence-corrected chi connectivity index (χ3v) is 8.18. The Kier molecular flexibility index (Phi) is 10.2. The van der Waals surface area contributed by atoms with Crippen LogP contribution in [0.4, 0.5) is 5.69 Å². The van der Waals surface area contributed by atoms with Crippen molar-refractivity contribution in [3.8, 4) is 5.75 Å². The summed E-state index contributed by atoms with van der Waals surface area (Å²) in [5.41, 5.74) is 3.04. The largest absolute Gasteiger partial charge is 0.495 e. The fourth-order valence-electron chi connectivity index (χ4n) is 5.06. The zero-order valence-corrected chi connectivity index (χ0v) is 24.0. The number of carbonyl (C=O) groups excluding carboxylic acids is 2. The predicted molar refractivity (Wildman–Crippen MR) is 151 cm³/mol. The van der Waals surface area contributed by atoms with E-state index >= 15 is 0 Å². The van der Waals surface area contributed by atoms with Crippen LogP contribution >= 0.6 is 0 Å². The molecular weight excluding hydrogens is 502 g/mol.